The lowest BCUT2D eigenvalue weighted by molar-refractivity contribution is 0.506. The molecular weight excluding hydrogens is 364 g/mol. The Morgan fingerprint density at radius 2 is 1.85 bits per heavy atom. The molecule has 0 fully saturated rings. The van der Waals surface area contributed by atoms with Crippen molar-refractivity contribution in [2.75, 3.05) is 13.1 Å². The molecule has 27 heavy (non-hydrogen) atoms. The molecule has 0 saturated heterocycles. The third-order valence-electron chi connectivity index (χ3n) is 3.99. The first-order valence-electron chi connectivity index (χ1n) is 9.15. The smallest absolute Gasteiger partial charge is 0.238 e. The summed E-state index contributed by atoms with van der Waals surface area (Å²) in [6, 6.07) is 10.3. The molecule has 0 saturated carbocycles. The molecule has 1 aromatic heterocycles. The molecule has 0 amide bonds. The van der Waals surface area contributed by atoms with Crippen LogP contribution >= 0.6 is 0 Å². The molecule has 2 aromatic rings. The Balaban J connectivity index is 1.93. The zero-order valence-corrected chi connectivity index (χ0v) is 16.5. The van der Waals surface area contributed by atoms with Crippen LogP contribution in [0, 0.1) is 0 Å². The van der Waals surface area contributed by atoms with Crippen molar-refractivity contribution in [2.24, 2.45) is 10.1 Å². The third-order valence-corrected chi connectivity index (χ3v) is 4.92. The predicted molar refractivity (Wildman–Crippen MR) is 107 cm³/mol. The van der Waals surface area contributed by atoms with Gasteiger partial charge in [-0.1, -0.05) is 31.9 Å². The molecule has 148 valence electrons. The summed E-state index contributed by atoms with van der Waals surface area (Å²) in [5, 5.41) is 11.8. The second kappa shape index (κ2) is 10.7. The molecule has 0 aliphatic rings. The molecule has 8 heteroatoms. The van der Waals surface area contributed by atoms with E-state index in [1.54, 1.807) is 18.4 Å². The van der Waals surface area contributed by atoms with Gasteiger partial charge in [-0.3, -0.25) is 0 Å². The molecule has 0 aliphatic heterocycles. The number of nitrogens with one attached hydrogen (secondary N) is 2. The van der Waals surface area contributed by atoms with Crippen LogP contribution in [-0.4, -0.2) is 27.5 Å². The maximum absolute atomic E-state index is 11.3. The van der Waals surface area contributed by atoms with Gasteiger partial charge in [-0.25, -0.2) is 18.5 Å². The standard InChI is InChI=1S/C19H28N4O3S/c1-2-3-4-12-21-19(22-13-11-17-6-5-14-26-17)23-15-16-7-9-18(10-8-16)27(20,24)25/h5-10,14H,2-4,11-13,15H2,1H3,(H2,20,24,25)(H2,21,22,23). The zero-order chi connectivity index (χ0) is 19.5. The molecule has 0 unspecified atom stereocenters. The van der Waals surface area contributed by atoms with Gasteiger partial charge in [0.15, 0.2) is 5.96 Å². The number of benzene rings is 1. The molecule has 4 N–H and O–H groups in total. The monoisotopic (exact) mass is 392 g/mol. The largest absolute Gasteiger partial charge is 0.469 e. The Hall–Kier alpha value is -2.32. The van der Waals surface area contributed by atoms with Gasteiger partial charge in [0.05, 0.1) is 17.7 Å². The maximum atomic E-state index is 11.3. The van der Waals surface area contributed by atoms with Crippen LogP contribution in [0.15, 0.2) is 57.0 Å². The lowest BCUT2D eigenvalue weighted by atomic mass is 10.2. The van der Waals surface area contributed by atoms with E-state index in [0.29, 0.717) is 13.1 Å². The fraction of sp³-hybridized carbons (Fsp3) is 0.421. The minimum atomic E-state index is -3.67. The molecule has 0 radical (unpaired) electrons. The van der Waals surface area contributed by atoms with Crippen LogP contribution in [0.1, 0.15) is 37.5 Å². The topological polar surface area (TPSA) is 110 Å². The number of nitrogens with zero attached hydrogens (tertiary/aromatic N) is 1. The van der Waals surface area contributed by atoms with Gasteiger partial charge in [0, 0.05) is 19.5 Å². The Bertz CT molecular complexity index is 800. The number of nitrogens with two attached hydrogens (primary N) is 1. The van der Waals surface area contributed by atoms with Crippen molar-refractivity contribution >= 4 is 16.0 Å². The SMILES string of the molecule is CCCCCNC(=NCc1ccc(S(N)(=O)=O)cc1)NCCc1ccco1. The van der Waals surface area contributed by atoms with Crippen molar-refractivity contribution in [3.8, 4) is 0 Å². The van der Waals surface area contributed by atoms with Crippen molar-refractivity contribution in [1.82, 2.24) is 10.6 Å². The minimum Gasteiger partial charge on any atom is -0.469 e. The molecule has 0 atom stereocenters. The summed E-state index contributed by atoms with van der Waals surface area (Å²) in [5.41, 5.74) is 0.906. The van der Waals surface area contributed by atoms with E-state index in [0.717, 1.165) is 43.1 Å². The summed E-state index contributed by atoms with van der Waals surface area (Å²) >= 11 is 0. The number of sulfonamides is 1. The highest BCUT2D eigenvalue weighted by Crippen LogP contribution is 2.09. The Morgan fingerprint density at radius 1 is 1.11 bits per heavy atom. The van der Waals surface area contributed by atoms with Gasteiger partial charge in [-0.15, -0.1) is 0 Å². The maximum Gasteiger partial charge on any atom is 0.238 e. The van der Waals surface area contributed by atoms with Crippen LogP contribution in [0.3, 0.4) is 0 Å². The van der Waals surface area contributed by atoms with Gasteiger partial charge >= 0.3 is 0 Å². The highest BCUT2D eigenvalue weighted by atomic mass is 32.2. The lowest BCUT2D eigenvalue weighted by Crippen LogP contribution is -2.39. The number of guanidine groups is 1. The molecular formula is C19H28N4O3S. The molecule has 0 aliphatic carbocycles. The molecule has 1 heterocycles. The third kappa shape index (κ3) is 7.84. The lowest BCUT2D eigenvalue weighted by Gasteiger charge is -2.12. The molecule has 0 bridgehead atoms. The molecule has 0 spiro atoms. The number of primary sulfonamides is 1. The summed E-state index contributed by atoms with van der Waals surface area (Å²) < 4.78 is 28.0. The van der Waals surface area contributed by atoms with E-state index in [2.05, 4.69) is 22.5 Å². The van der Waals surface area contributed by atoms with Gasteiger partial charge in [0.2, 0.25) is 10.0 Å². The van der Waals surface area contributed by atoms with Crippen molar-refractivity contribution in [3.05, 3.63) is 54.0 Å². The average molecular weight is 393 g/mol. The van der Waals surface area contributed by atoms with Gasteiger partial charge in [0.1, 0.15) is 5.76 Å². The number of furan rings is 1. The first kappa shape index (κ1) is 21.0. The van der Waals surface area contributed by atoms with E-state index in [4.69, 9.17) is 9.56 Å². The fourth-order valence-corrected chi connectivity index (χ4v) is 2.99. The summed E-state index contributed by atoms with van der Waals surface area (Å²) in [6.07, 6.45) is 5.85. The second-order valence-corrected chi connectivity index (χ2v) is 7.81. The van der Waals surface area contributed by atoms with E-state index in [-0.39, 0.29) is 4.90 Å². The van der Waals surface area contributed by atoms with Crippen LogP contribution in [0.5, 0.6) is 0 Å². The fourth-order valence-electron chi connectivity index (χ4n) is 2.47. The Morgan fingerprint density at radius 3 is 2.48 bits per heavy atom. The average Bonchev–Trinajstić information content (AvgIpc) is 3.15. The molecule has 2 rings (SSSR count). The summed E-state index contributed by atoms with van der Waals surface area (Å²) in [7, 11) is -3.67. The van der Waals surface area contributed by atoms with Crippen LogP contribution < -0.4 is 15.8 Å². The van der Waals surface area contributed by atoms with E-state index < -0.39 is 10.0 Å². The van der Waals surface area contributed by atoms with Crippen LogP contribution in [-0.2, 0) is 23.0 Å². The predicted octanol–water partition coefficient (Wildman–Crippen LogP) is 2.40. The number of hydrogen-bond donors (Lipinski definition) is 3. The van der Waals surface area contributed by atoms with Gasteiger partial charge in [-0.2, -0.15) is 0 Å². The summed E-state index contributed by atoms with van der Waals surface area (Å²) in [4.78, 5) is 4.69. The van der Waals surface area contributed by atoms with Crippen molar-refractivity contribution in [3.63, 3.8) is 0 Å². The van der Waals surface area contributed by atoms with Gasteiger partial charge in [-0.05, 0) is 36.2 Å². The highest BCUT2D eigenvalue weighted by Gasteiger charge is 2.06. The van der Waals surface area contributed by atoms with E-state index >= 15 is 0 Å². The van der Waals surface area contributed by atoms with Gasteiger partial charge < -0.3 is 15.1 Å². The van der Waals surface area contributed by atoms with Gasteiger partial charge in [0.25, 0.3) is 0 Å². The summed E-state index contributed by atoms with van der Waals surface area (Å²) in [6.45, 7) is 4.17. The number of rotatable bonds is 10. The number of unbranched alkanes of at least 4 members (excludes halogenated alkanes) is 2. The first-order valence-corrected chi connectivity index (χ1v) is 10.7. The molecule has 7 nitrogen and oxygen atoms in total. The van der Waals surface area contributed by atoms with Crippen LogP contribution in [0.25, 0.3) is 0 Å². The number of hydrogen-bond acceptors (Lipinski definition) is 4. The Kier molecular flexibility index (Phi) is 8.35. The number of aliphatic imine (C=N–C) groups is 1. The van der Waals surface area contributed by atoms with Crippen molar-refractivity contribution < 1.29 is 12.8 Å². The van der Waals surface area contributed by atoms with E-state index in [1.807, 2.05) is 12.1 Å². The Labute approximate surface area is 161 Å². The van der Waals surface area contributed by atoms with E-state index in [9.17, 15) is 8.42 Å². The van der Waals surface area contributed by atoms with Crippen molar-refractivity contribution in [1.29, 1.82) is 0 Å². The van der Waals surface area contributed by atoms with Crippen LogP contribution in [0.2, 0.25) is 0 Å². The normalized spacial score (nSPS) is 12.1. The van der Waals surface area contributed by atoms with E-state index in [1.165, 1.54) is 18.6 Å². The molecule has 1 aromatic carbocycles. The quantitative estimate of drug-likeness (QED) is 0.327. The van der Waals surface area contributed by atoms with Crippen molar-refractivity contribution in [2.45, 2.75) is 44.0 Å². The van der Waals surface area contributed by atoms with Crippen LogP contribution in [0.4, 0.5) is 0 Å². The second-order valence-electron chi connectivity index (χ2n) is 6.24. The minimum absolute atomic E-state index is 0.102. The zero-order valence-electron chi connectivity index (χ0n) is 15.6. The highest BCUT2D eigenvalue weighted by molar-refractivity contribution is 7.89. The summed E-state index contributed by atoms with van der Waals surface area (Å²) in [5.74, 6) is 1.65. The first-order chi connectivity index (χ1) is 13.0.